The van der Waals surface area contributed by atoms with Crippen LogP contribution in [0, 0.1) is 13.8 Å². The van der Waals surface area contributed by atoms with Gasteiger partial charge in [-0.3, -0.25) is 9.80 Å². The van der Waals surface area contributed by atoms with Crippen molar-refractivity contribution < 1.29 is 0 Å². The lowest BCUT2D eigenvalue weighted by atomic mass is 10.0. The summed E-state index contributed by atoms with van der Waals surface area (Å²) in [5.41, 5.74) is 5.44. The third-order valence-electron chi connectivity index (χ3n) is 4.71. The van der Waals surface area contributed by atoms with Gasteiger partial charge in [0.05, 0.1) is 0 Å². The van der Waals surface area contributed by atoms with Crippen LogP contribution < -0.4 is 0 Å². The summed E-state index contributed by atoms with van der Waals surface area (Å²) in [6.07, 6.45) is 0. The van der Waals surface area contributed by atoms with E-state index in [0.29, 0.717) is 0 Å². The molecule has 0 bridgehead atoms. The van der Waals surface area contributed by atoms with Crippen LogP contribution in [0.1, 0.15) is 22.3 Å². The lowest BCUT2D eigenvalue weighted by molar-refractivity contribution is 0.122. The SMILES string of the molecule is Cc1ccc(CN2CCN(Cc3ccccc3Cl)CC2)c(C)c1. The van der Waals surface area contributed by atoms with Crippen LogP contribution in [0.4, 0.5) is 0 Å². The predicted octanol–water partition coefficient (Wildman–Crippen LogP) is 4.27. The fourth-order valence-corrected chi connectivity index (χ4v) is 3.43. The van der Waals surface area contributed by atoms with E-state index in [1.807, 2.05) is 12.1 Å². The second-order valence-corrected chi connectivity index (χ2v) is 6.98. The van der Waals surface area contributed by atoms with E-state index in [-0.39, 0.29) is 0 Å². The summed E-state index contributed by atoms with van der Waals surface area (Å²) in [5, 5.41) is 0.880. The Balaban J connectivity index is 1.53. The Hall–Kier alpha value is -1.35. The van der Waals surface area contributed by atoms with Gasteiger partial charge in [0.1, 0.15) is 0 Å². The summed E-state index contributed by atoms with van der Waals surface area (Å²) in [4.78, 5) is 5.06. The number of hydrogen-bond acceptors (Lipinski definition) is 2. The van der Waals surface area contributed by atoms with Crippen LogP contribution >= 0.6 is 11.6 Å². The molecule has 1 aliphatic heterocycles. The van der Waals surface area contributed by atoms with Gasteiger partial charge in [-0.05, 0) is 36.6 Å². The Labute approximate surface area is 144 Å². The molecule has 1 aliphatic rings. The maximum Gasteiger partial charge on any atom is 0.0451 e. The molecule has 0 saturated carbocycles. The van der Waals surface area contributed by atoms with E-state index in [9.17, 15) is 0 Å². The van der Waals surface area contributed by atoms with Gasteiger partial charge in [0.15, 0.2) is 0 Å². The quantitative estimate of drug-likeness (QED) is 0.826. The van der Waals surface area contributed by atoms with Crippen molar-refractivity contribution in [2.24, 2.45) is 0 Å². The Morgan fingerprint density at radius 2 is 1.43 bits per heavy atom. The van der Waals surface area contributed by atoms with E-state index >= 15 is 0 Å². The maximum absolute atomic E-state index is 6.27. The fraction of sp³-hybridized carbons (Fsp3) is 0.400. The Morgan fingerprint density at radius 3 is 2.04 bits per heavy atom. The molecule has 23 heavy (non-hydrogen) atoms. The molecule has 2 aromatic carbocycles. The van der Waals surface area contributed by atoms with Crippen LogP contribution in [0.25, 0.3) is 0 Å². The number of aryl methyl sites for hydroxylation is 2. The third kappa shape index (κ3) is 4.35. The normalized spacial score (nSPS) is 16.7. The molecule has 0 atom stereocenters. The molecule has 2 nitrogen and oxygen atoms in total. The van der Waals surface area contributed by atoms with Crippen LogP contribution in [0.3, 0.4) is 0 Å². The van der Waals surface area contributed by atoms with Crippen molar-refractivity contribution in [3.63, 3.8) is 0 Å². The van der Waals surface area contributed by atoms with Crippen molar-refractivity contribution in [1.29, 1.82) is 0 Å². The predicted molar refractivity (Wildman–Crippen MR) is 97.9 cm³/mol. The highest BCUT2D eigenvalue weighted by atomic mass is 35.5. The lowest BCUT2D eigenvalue weighted by Crippen LogP contribution is -2.45. The average Bonchev–Trinajstić information content (AvgIpc) is 2.54. The largest absolute Gasteiger partial charge is 0.297 e. The van der Waals surface area contributed by atoms with Gasteiger partial charge < -0.3 is 0 Å². The van der Waals surface area contributed by atoms with E-state index < -0.39 is 0 Å². The fourth-order valence-electron chi connectivity index (χ4n) is 3.24. The van der Waals surface area contributed by atoms with Crippen molar-refractivity contribution in [3.8, 4) is 0 Å². The average molecular weight is 329 g/mol. The standard InChI is InChI=1S/C20H25ClN2/c1-16-7-8-18(17(2)13-16)14-22-9-11-23(12-10-22)15-19-5-3-4-6-20(19)21/h3-8,13H,9-12,14-15H2,1-2H3. The number of rotatable bonds is 4. The first-order valence-electron chi connectivity index (χ1n) is 8.36. The first-order chi connectivity index (χ1) is 11.1. The van der Waals surface area contributed by atoms with E-state index in [2.05, 4.69) is 54.0 Å². The molecule has 122 valence electrons. The van der Waals surface area contributed by atoms with E-state index in [1.54, 1.807) is 0 Å². The molecule has 0 unspecified atom stereocenters. The molecular formula is C20H25ClN2. The molecule has 1 heterocycles. The molecule has 3 rings (SSSR count). The van der Waals surface area contributed by atoms with E-state index in [4.69, 9.17) is 11.6 Å². The highest BCUT2D eigenvalue weighted by Gasteiger charge is 2.18. The second-order valence-electron chi connectivity index (χ2n) is 6.57. The molecular weight excluding hydrogens is 304 g/mol. The molecule has 3 heteroatoms. The van der Waals surface area contributed by atoms with Gasteiger partial charge in [-0.15, -0.1) is 0 Å². The molecule has 0 aromatic heterocycles. The molecule has 0 N–H and O–H groups in total. The van der Waals surface area contributed by atoms with Crippen molar-refractivity contribution in [1.82, 2.24) is 9.80 Å². The summed E-state index contributed by atoms with van der Waals surface area (Å²) in [5.74, 6) is 0. The van der Waals surface area contributed by atoms with Gasteiger partial charge in [-0.1, -0.05) is 53.6 Å². The zero-order valence-corrected chi connectivity index (χ0v) is 14.8. The lowest BCUT2D eigenvalue weighted by Gasteiger charge is -2.35. The topological polar surface area (TPSA) is 6.48 Å². The zero-order chi connectivity index (χ0) is 16.2. The second kappa shape index (κ2) is 7.48. The Kier molecular flexibility index (Phi) is 5.37. The van der Waals surface area contributed by atoms with Crippen LogP contribution in [0.2, 0.25) is 5.02 Å². The van der Waals surface area contributed by atoms with Crippen molar-refractivity contribution >= 4 is 11.6 Å². The summed E-state index contributed by atoms with van der Waals surface area (Å²) in [6.45, 7) is 10.9. The van der Waals surface area contributed by atoms with Crippen molar-refractivity contribution in [2.75, 3.05) is 26.2 Å². The Bertz CT molecular complexity index is 660. The molecule has 0 amide bonds. The summed E-state index contributed by atoms with van der Waals surface area (Å²) in [7, 11) is 0. The van der Waals surface area contributed by atoms with Gasteiger partial charge >= 0.3 is 0 Å². The molecule has 1 fully saturated rings. The number of hydrogen-bond donors (Lipinski definition) is 0. The summed E-state index contributed by atoms with van der Waals surface area (Å²) in [6, 6.07) is 14.9. The molecule has 0 aliphatic carbocycles. The molecule has 0 radical (unpaired) electrons. The van der Waals surface area contributed by atoms with Gasteiger partial charge in [-0.2, -0.15) is 0 Å². The van der Waals surface area contributed by atoms with Crippen molar-refractivity contribution in [2.45, 2.75) is 26.9 Å². The van der Waals surface area contributed by atoms with E-state index in [1.165, 1.54) is 22.3 Å². The van der Waals surface area contributed by atoms with Gasteiger partial charge in [-0.25, -0.2) is 0 Å². The minimum Gasteiger partial charge on any atom is -0.297 e. The number of halogens is 1. The molecule has 0 spiro atoms. The summed E-state index contributed by atoms with van der Waals surface area (Å²) >= 11 is 6.27. The van der Waals surface area contributed by atoms with Gasteiger partial charge in [0, 0.05) is 44.3 Å². The Morgan fingerprint density at radius 1 is 0.826 bits per heavy atom. The highest BCUT2D eigenvalue weighted by Crippen LogP contribution is 2.19. The van der Waals surface area contributed by atoms with Crippen LogP contribution in [-0.4, -0.2) is 36.0 Å². The van der Waals surface area contributed by atoms with E-state index in [0.717, 1.165) is 44.3 Å². The monoisotopic (exact) mass is 328 g/mol. The van der Waals surface area contributed by atoms with Gasteiger partial charge in [0.25, 0.3) is 0 Å². The van der Waals surface area contributed by atoms with Crippen LogP contribution in [0.5, 0.6) is 0 Å². The zero-order valence-electron chi connectivity index (χ0n) is 14.1. The van der Waals surface area contributed by atoms with Gasteiger partial charge in [0.2, 0.25) is 0 Å². The first kappa shape index (κ1) is 16.5. The van der Waals surface area contributed by atoms with Crippen LogP contribution in [-0.2, 0) is 13.1 Å². The minimum absolute atomic E-state index is 0.880. The third-order valence-corrected chi connectivity index (χ3v) is 5.08. The highest BCUT2D eigenvalue weighted by molar-refractivity contribution is 6.31. The number of piperazine rings is 1. The summed E-state index contributed by atoms with van der Waals surface area (Å²) < 4.78 is 0. The number of benzene rings is 2. The van der Waals surface area contributed by atoms with Crippen LogP contribution in [0.15, 0.2) is 42.5 Å². The molecule has 1 saturated heterocycles. The first-order valence-corrected chi connectivity index (χ1v) is 8.74. The minimum atomic E-state index is 0.880. The maximum atomic E-state index is 6.27. The van der Waals surface area contributed by atoms with Crippen molar-refractivity contribution in [3.05, 3.63) is 69.7 Å². The smallest absolute Gasteiger partial charge is 0.0451 e. The number of nitrogens with zero attached hydrogens (tertiary/aromatic N) is 2. The molecule has 2 aromatic rings.